The van der Waals surface area contributed by atoms with E-state index in [0.717, 1.165) is 12.8 Å². The van der Waals surface area contributed by atoms with E-state index in [4.69, 9.17) is 9.15 Å². The average molecular weight is 345 g/mol. The highest BCUT2D eigenvalue weighted by Crippen LogP contribution is 2.21. The molecule has 1 N–H and O–H groups in total. The van der Waals surface area contributed by atoms with Crippen LogP contribution in [0.15, 0.2) is 21.4 Å². The molecule has 110 valence electrons. The number of rotatable bonds is 3. The summed E-state index contributed by atoms with van der Waals surface area (Å²) in [5.41, 5.74) is 0.502. The molecule has 20 heavy (non-hydrogen) atoms. The molecule has 6 nitrogen and oxygen atoms in total. The lowest BCUT2D eigenvalue weighted by molar-refractivity contribution is 0.0684. The number of furan rings is 1. The lowest BCUT2D eigenvalue weighted by Gasteiger charge is -2.32. The van der Waals surface area contributed by atoms with Gasteiger partial charge in [-0.15, -0.1) is 0 Å². The molecule has 0 unspecified atom stereocenters. The van der Waals surface area contributed by atoms with Crippen molar-refractivity contribution in [2.75, 3.05) is 19.7 Å². The van der Waals surface area contributed by atoms with Crippen LogP contribution >= 0.6 is 15.9 Å². The maximum absolute atomic E-state index is 12.3. The minimum absolute atomic E-state index is 0.0718. The van der Waals surface area contributed by atoms with E-state index in [1.54, 1.807) is 17.9 Å². The van der Waals surface area contributed by atoms with Gasteiger partial charge in [0.05, 0.1) is 18.4 Å². The van der Waals surface area contributed by atoms with Crippen LogP contribution in [0.1, 0.15) is 30.1 Å². The zero-order valence-corrected chi connectivity index (χ0v) is 12.8. The van der Waals surface area contributed by atoms with Gasteiger partial charge in [-0.05, 0) is 41.8 Å². The van der Waals surface area contributed by atoms with E-state index in [1.165, 1.54) is 6.26 Å². The quantitative estimate of drug-likeness (QED) is 0.913. The van der Waals surface area contributed by atoms with Gasteiger partial charge in [0.25, 0.3) is 5.91 Å². The first-order valence-electron chi connectivity index (χ1n) is 6.57. The van der Waals surface area contributed by atoms with E-state index in [9.17, 15) is 9.59 Å². The Morgan fingerprint density at radius 2 is 2.40 bits per heavy atom. The number of alkyl carbamates (subject to hydrolysis) is 1. The molecule has 0 aliphatic carbocycles. The van der Waals surface area contributed by atoms with Gasteiger partial charge in [0, 0.05) is 19.1 Å². The zero-order valence-electron chi connectivity index (χ0n) is 11.2. The third-order valence-corrected chi connectivity index (χ3v) is 3.77. The van der Waals surface area contributed by atoms with E-state index in [1.807, 2.05) is 0 Å². The number of carbonyl (C=O) groups is 2. The fraction of sp³-hybridized carbons (Fsp3) is 0.538. The minimum atomic E-state index is -0.434. The van der Waals surface area contributed by atoms with Gasteiger partial charge in [0.2, 0.25) is 0 Å². The fourth-order valence-corrected chi connectivity index (χ4v) is 2.65. The van der Waals surface area contributed by atoms with Gasteiger partial charge >= 0.3 is 6.09 Å². The lowest BCUT2D eigenvalue weighted by atomic mass is 10.1. The van der Waals surface area contributed by atoms with Crippen LogP contribution in [0.25, 0.3) is 0 Å². The molecule has 1 aromatic heterocycles. The number of nitrogens with zero attached hydrogens (tertiary/aromatic N) is 1. The Labute approximate surface area is 125 Å². The molecule has 0 radical (unpaired) electrons. The Balaban J connectivity index is 1.95. The molecule has 0 aromatic carbocycles. The molecule has 1 aliphatic rings. The first-order chi connectivity index (χ1) is 9.61. The molecule has 1 aromatic rings. The molecule has 2 heterocycles. The van der Waals surface area contributed by atoms with Crippen molar-refractivity contribution in [3.05, 3.63) is 22.6 Å². The van der Waals surface area contributed by atoms with Gasteiger partial charge in [0.1, 0.15) is 0 Å². The number of halogens is 1. The highest BCUT2D eigenvalue weighted by Gasteiger charge is 2.27. The normalized spacial score (nSPS) is 18.7. The summed E-state index contributed by atoms with van der Waals surface area (Å²) in [4.78, 5) is 25.5. The molecule has 2 amide bonds. The SMILES string of the molecule is CCOC(=O)N[C@H]1CCCN(C(=O)c2ccoc2Br)C1. The third-order valence-electron chi connectivity index (χ3n) is 3.15. The molecule has 1 atom stereocenters. The predicted molar refractivity (Wildman–Crippen MR) is 75.5 cm³/mol. The second-order valence-electron chi connectivity index (χ2n) is 4.56. The molecule has 0 saturated carbocycles. The predicted octanol–water partition coefficient (Wildman–Crippen LogP) is 2.39. The Morgan fingerprint density at radius 1 is 1.60 bits per heavy atom. The van der Waals surface area contributed by atoms with Crippen LogP contribution in [0.3, 0.4) is 0 Å². The third kappa shape index (κ3) is 3.53. The zero-order chi connectivity index (χ0) is 14.5. The molecule has 2 rings (SSSR count). The standard InChI is InChI=1S/C13H17BrN2O4/c1-2-19-13(18)15-9-4-3-6-16(8-9)12(17)10-5-7-20-11(10)14/h5,7,9H,2-4,6,8H2,1H3,(H,15,18)/t9-/m0/s1. The molecule has 1 aliphatic heterocycles. The van der Waals surface area contributed by atoms with Gasteiger partial charge in [-0.1, -0.05) is 0 Å². The van der Waals surface area contributed by atoms with Crippen LogP contribution in [0.2, 0.25) is 0 Å². The van der Waals surface area contributed by atoms with E-state index in [2.05, 4.69) is 21.2 Å². The van der Waals surface area contributed by atoms with Crippen molar-refractivity contribution in [3.8, 4) is 0 Å². The maximum atomic E-state index is 12.3. The number of hydrogen-bond acceptors (Lipinski definition) is 4. The van der Waals surface area contributed by atoms with Gasteiger partial charge < -0.3 is 19.4 Å². The molecule has 1 saturated heterocycles. The number of likely N-dealkylation sites (tertiary alicyclic amines) is 1. The molecule has 0 bridgehead atoms. The molecular formula is C13H17BrN2O4. The number of nitrogens with one attached hydrogen (secondary N) is 1. The summed E-state index contributed by atoms with van der Waals surface area (Å²) in [6.45, 7) is 3.25. The maximum Gasteiger partial charge on any atom is 0.407 e. The summed E-state index contributed by atoms with van der Waals surface area (Å²) < 4.78 is 10.4. The summed E-state index contributed by atoms with van der Waals surface area (Å²) in [6.07, 6.45) is 2.72. The van der Waals surface area contributed by atoms with Gasteiger partial charge in [-0.25, -0.2) is 4.79 Å². The van der Waals surface area contributed by atoms with Crippen molar-refractivity contribution in [1.29, 1.82) is 0 Å². The van der Waals surface area contributed by atoms with E-state index in [0.29, 0.717) is 29.9 Å². The van der Waals surface area contributed by atoms with Gasteiger partial charge in [-0.2, -0.15) is 0 Å². The van der Waals surface area contributed by atoms with Crippen molar-refractivity contribution >= 4 is 27.9 Å². The summed E-state index contributed by atoms with van der Waals surface area (Å²) in [7, 11) is 0. The number of piperidine rings is 1. The number of carbonyl (C=O) groups excluding carboxylic acids is 2. The first-order valence-corrected chi connectivity index (χ1v) is 7.36. The average Bonchev–Trinajstić information content (AvgIpc) is 2.84. The molecular weight excluding hydrogens is 328 g/mol. The van der Waals surface area contributed by atoms with Crippen molar-refractivity contribution in [2.45, 2.75) is 25.8 Å². The largest absolute Gasteiger partial charge is 0.457 e. The second-order valence-corrected chi connectivity index (χ2v) is 5.28. The highest BCUT2D eigenvalue weighted by molar-refractivity contribution is 9.10. The van der Waals surface area contributed by atoms with Crippen LogP contribution in [-0.4, -0.2) is 42.6 Å². The van der Waals surface area contributed by atoms with E-state index >= 15 is 0 Å². The Hall–Kier alpha value is -1.50. The highest BCUT2D eigenvalue weighted by atomic mass is 79.9. The summed E-state index contributed by atoms with van der Waals surface area (Å²) in [5.74, 6) is -0.0963. The Morgan fingerprint density at radius 3 is 3.05 bits per heavy atom. The van der Waals surface area contributed by atoms with Crippen LogP contribution in [-0.2, 0) is 4.74 Å². The van der Waals surface area contributed by atoms with Gasteiger partial charge in [-0.3, -0.25) is 4.79 Å². The van der Waals surface area contributed by atoms with Crippen LogP contribution in [0, 0.1) is 0 Å². The van der Waals surface area contributed by atoms with Crippen LogP contribution in [0.5, 0.6) is 0 Å². The number of hydrogen-bond donors (Lipinski definition) is 1. The van der Waals surface area contributed by atoms with E-state index < -0.39 is 6.09 Å². The Kier molecular flexibility index (Phi) is 5.05. The van der Waals surface area contributed by atoms with Crippen molar-refractivity contribution in [2.24, 2.45) is 0 Å². The smallest absolute Gasteiger partial charge is 0.407 e. The monoisotopic (exact) mass is 344 g/mol. The van der Waals surface area contributed by atoms with Crippen LogP contribution < -0.4 is 5.32 Å². The fourth-order valence-electron chi connectivity index (χ4n) is 2.24. The molecule has 7 heteroatoms. The van der Waals surface area contributed by atoms with Crippen molar-refractivity contribution in [1.82, 2.24) is 10.2 Å². The summed E-state index contributed by atoms with van der Waals surface area (Å²) >= 11 is 3.21. The second kappa shape index (κ2) is 6.78. The van der Waals surface area contributed by atoms with Crippen LogP contribution in [0.4, 0.5) is 4.79 Å². The van der Waals surface area contributed by atoms with Crippen molar-refractivity contribution < 1.29 is 18.7 Å². The number of amides is 2. The topological polar surface area (TPSA) is 71.8 Å². The van der Waals surface area contributed by atoms with Crippen molar-refractivity contribution in [3.63, 3.8) is 0 Å². The lowest BCUT2D eigenvalue weighted by Crippen LogP contribution is -2.49. The number of ether oxygens (including phenoxy) is 1. The van der Waals surface area contributed by atoms with E-state index in [-0.39, 0.29) is 11.9 Å². The molecule has 1 fully saturated rings. The summed E-state index contributed by atoms with van der Waals surface area (Å²) in [5, 5.41) is 2.77. The first kappa shape index (κ1) is 14.9. The minimum Gasteiger partial charge on any atom is -0.457 e. The molecule has 0 spiro atoms. The Bertz CT molecular complexity index is 488. The van der Waals surface area contributed by atoms with Gasteiger partial charge in [0.15, 0.2) is 4.67 Å². The summed E-state index contributed by atoms with van der Waals surface area (Å²) in [6, 6.07) is 1.56.